The molecule has 2 aromatic heterocycles. The van der Waals surface area contributed by atoms with Crippen LogP contribution in [0.3, 0.4) is 0 Å². The van der Waals surface area contributed by atoms with Gasteiger partial charge in [0, 0.05) is 37.4 Å². The first-order valence-corrected chi connectivity index (χ1v) is 11.3. The van der Waals surface area contributed by atoms with Gasteiger partial charge in [-0.2, -0.15) is 8.42 Å². The Labute approximate surface area is 204 Å². The Bertz CT molecular complexity index is 1600. The van der Waals surface area contributed by atoms with Crippen molar-refractivity contribution in [2.45, 2.75) is 5.03 Å². The molecule has 2 heterocycles. The van der Waals surface area contributed by atoms with E-state index in [-0.39, 0.29) is 25.1 Å². The quantitative estimate of drug-likeness (QED) is 0.198. The third kappa shape index (κ3) is 4.77. The summed E-state index contributed by atoms with van der Waals surface area (Å²) >= 11 is 0. The van der Waals surface area contributed by atoms with E-state index in [9.17, 15) is 8.42 Å². The summed E-state index contributed by atoms with van der Waals surface area (Å²) in [7, 11) is -4.11. The predicted octanol–water partition coefficient (Wildman–Crippen LogP) is 5.66. The maximum atomic E-state index is 10.3. The maximum Gasteiger partial charge on any atom is 0.312 e. The minimum atomic E-state index is -4.11. The van der Waals surface area contributed by atoms with Crippen LogP contribution < -0.4 is 0 Å². The molecule has 0 spiro atoms. The Kier molecular flexibility index (Phi) is 6.49. The Morgan fingerprint density at radius 1 is 0.818 bits per heavy atom. The van der Waals surface area contributed by atoms with Crippen LogP contribution in [0, 0.1) is 6.07 Å². The van der Waals surface area contributed by atoms with Gasteiger partial charge in [-0.25, -0.2) is 4.98 Å². The SMILES string of the molecule is O=S(=O)(O)c1ccccn1.[Ir].[c-]1c(-c2cc3c4c(cccc4n2)C=C3)ccc2ccccc12. The van der Waals surface area contributed by atoms with E-state index in [1.807, 2.05) is 6.07 Å². The fourth-order valence-electron chi connectivity index (χ4n) is 3.70. The van der Waals surface area contributed by atoms with Gasteiger partial charge in [-0.05, 0) is 29.3 Å². The van der Waals surface area contributed by atoms with E-state index in [4.69, 9.17) is 9.54 Å². The second-order valence-electron chi connectivity index (χ2n) is 7.27. The third-order valence-corrected chi connectivity index (χ3v) is 5.95. The van der Waals surface area contributed by atoms with Crippen molar-refractivity contribution >= 4 is 43.9 Å². The molecular formula is C26H17IrN2O3S-. The molecule has 0 bridgehead atoms. The fourth-order valence-corrected chi connectivity index (χ4v) is 4.14. The van der Waals surface area contributed by atoms with Crippen molar-refractivity contribution in [2.24, 2.45) is 0 Å². The van der Waals surface area contributed by atoms with Gasteiger partial charge in [0.1, 0.15) is 0 Å². The van der Waals surface area contributed by atoms with Crippen molar-refractivity contribution in [2.75, 3.05) is 0 Å². The number of benzene rings is 3. The predicted molar refractivity (Wildman–Crippen MR) is 127 cm³/mol. The molecule has 7 heteroatoms. The maximum absolute atomic E-state index is 10.3. The number of rotatable bonds is 2. The van der Waals surface area contributed by atoms with E-state index in [0.717, 1.165) is 22.2 Å². The van der Waals surface area contributed by atoms with Gasteiger partial charge < -0.3 is 0 Å². The molecule has 0 aliphatic heterocycles. The van der Waals surface area contributed by atoms with Crippen LogP contribution in [-0.4, -0.2) is 22.9 Å². The van der Waals surface area contributed by atoms with Crippen molar-refractivity contribution in [1.29, 1.82) is 0 Å². The Balaban J connectivity index is 0.000000201. The zero-order chi connectivity index (χ0) is 22.1. The first-order chi connectivity index (χ1) is 15.5. The first-order valence-electron chi connectivity index (χ1n) is 9.91. The fraction of sp³-hybridized carbons (Fsp3) is 0. The molecule has 1 aliphatic carbocycles. The number of pyridine rings is 2. The van der Waals surface area contributed by atoms with Crippen molar-refractivity contribution in [3.05, 3.63) is 102 Å². The van der Waals surface area contributed by atoms with Crippen molar-refractivity contribution in [1.82, 2.24) is 9.97 Å². The third-order valence-electron chi connectivity index (χ3n) is 5.18. The van der Waals surface area contributed by atoms with Crippen LogP contribution in [0.4, 0.5) is 0 Å². The van der Waals surface area contributed by atoms with E-state index < -0.39 is 10.1 Å². The van der Waals surface area contributed by atoms with Crippen LogP contribution in [0.2, 0.25) is 0 Å². The van der Waals surface area contributed by atoms with Gasteiger partial charge in [0.2, 0.25) is 0 Å². The standard InChI is InChI=1S/C21H12N.C5H5NO3S.Ir/c1-2-5-16-12-17(10-8-14(16)4-1)20-13-18-11-9-15-6-3-7-19(22-20)21(15)18;7-10(8,9)5-3-1-2-4-6-5;/h1-11,13H;1-4H,(H,7,8,9);/q-1;;. The average molecular weight is 630 g/mol. The molecule has 1 aliphatic rings. The summed E-state index contributed by atoms with van der Waals surface area (Å²) in [4.78, 5) is 8.25. The van der Waals surface area contributed by atoms with Crippen LogP contribution in [0.25, 0.3) is 45.1 Å². The molecular weight excluding hydrogens is 613 g/mol. The Morgan fingerprint density at radius 2 is 1.61 bits per heavy atom. The summed E-state index contributed by atoms with van der Waals surface area (Å²) in [6, 6.07) is 28.7. The summed E-state index contributed by atoms with van der Waals surface area (Å²) in [5.74, 6) is 0. The summed E-state index contributed by atoms with van der Waals surface area (Å²) in [6.07, 6.45) is 5.63. The molecule has 0 unspecified atom stereocenters. The van der Waals surface area contributed by atoms with Crippen LogP contribution in [0.15, 0.2) is 90.1 Å². The molecule has 165 valence electrons. The summed E-state index contributed by atoms with van der Waals surface area (Å²) in [6.45, 7) is 0. The van der Waals surface area contributed by atoms with Gasteiger partial charge in [0.05, 0.1) is 5.52 Å². The molecule has 0 saturated carbocycles. The van der Waals surface area contributed by atoms with Crippen LogP contribution in [0.5, 0.6) is 0 Å². The summed E-state index contributed by atoms with van der Waals surface area (Å²) in [5, 5.41) is 3.27. The molecule has 1 N–H and O–H groups in total. The molecule has 5 aromatic rings. The molecule has 3 aromatic carbocycles. The monoisotopic (exact) mass is 630 g/mol. The number of hydrogen-bond donors (Lipinski definition) is 1. The Morgan fingerprint density at radius 3 is 2.36 bits per heavy atom. The number of fused-ring (bicyclic) bond motifs is 1. The molecule has 6 rings (SSSR count). The van der Waals surface area contributed by atoms with Crippen molar-refractivity contribution in [3.63, 3.8) is 0 Å². The Hall–Kier alpha value is -3.22. The molecule has 33 heavy (non-hydrogen) atoms. The molecule has 0 saturated heterocycles. The van der Waals surface area contributed by atoms with Crippen molar-refractivity contribution < 1.29 is 33.1 Å². The van der Waals surface area contributed by atoms with E-state index in [2.05, 4.69) is 77.8 Å². The molecule has 0 fully saturated rings. The van der Waals surface area contributed by atoms with Gasteiger partial charge in [-0.15, -0.1) is 29.7 Å². The van der Waals surface area contributed by atoms with E-state index in [0.29, 0.717) is 0 Å². The van der Waals surface area contributed by atoms with Gasteiger partial charge in [-0.1, -0.05) is 65.6 Å². The van der Waals surface area contributed by atoms with E-state index in [1.54, 1.807) is 6.07 Å². The number of aromatic nitrogens is 2. The molecule has 0 atom stereocenters. The van der Waals surface area contributed by atoms with E-state index >= 15 is 0 Å². The molecule has 1 radical (unpaired) electrons. The number of hydrogen-bond acceptors (Lipinski definition) is 4. The average Bonchev–Trinajstić information content (AvgIpc) is 3.24. The normalized spacial score (nSPS) is 11.7. The van der Waals surface area contributed by atoms with Crippen LogP contribution in [0.1, 0.15) is 11.1 Å². The van der Waals surface area contributed by atoms with Gasteiger partial charge in [0.25, 0.3) is 0 Å². The number of nitrogens with zero attached hydrogens (tertiary/aromatic N) is 2. The van der Waals surface area contributed by atoms with Gasteiger partial charge in [-0.3, -0.25) is 9.54 Å². The molecule has 5 nitrogen and oxygen atoms in total. The van der Waals surface area contributed by atoms with E-state index in [1.165, 1.54) is 40.2 Å². The topological polar surface area (TPSA) is 80.2 Å². The van der Waals surface area contributed by atoms with Gasteiger partial charge in [0.15, 0.2) is 5.03 Å². The minimum absolute atomic E-state index is 0. The summed E-state index contributed by atoms with van der Waals surface area (Å²) < 4.78 is 29.1. The largest absolute Gasteiger partial charge is 0.312 e. The van der Waals surface area contributed by atoms with Crippen LogP contribution >= 0.6 is 0 Å². The second kappa shape index (κ2) is 9.33. The smallest absolute Gasteiger partial charge is 0.287 e. The van der Waals surface area contributed by atoms with Crippen LogP contribution in [-0.2, 0) is 30.2 Å². The van der Waals surface area contributed by atoms with Gasteiger partial charge >= 0.3 is 10.1 Å². The zero-order valence-electron chi connectivity index (χ0n) is 17.1. The van der Waals surface area contributed by atoms with Crippen molar-refractivity contribution in [3.8, 4) is 11.3 Å². The minimum Gasteiger partial charge on any atom is -0.287 e. The summed E-state index contributed by atoms with van der Waals surface area (Å²) in [5.41, 5.74) is 5.59. The zero-order valence-corrected chi connectivity index (χ0v) is 20.3. The second-order valence-corrected chi connectivity index (χ2v) is 8.64. The first kappa shape index (κ1) is 23.0. The molecule has 0 amide bonds.